The smallest absolute Gasteiger partial charge is 0.422 e. The molecule has 2 rings (SSSR count). The Labute approximate surface area is 144 Å². The van der Waals surface area contributed by atoms with Crippen molar-refractivity contribution in [1.29, 1.82) is 0 Å². The number of ketones is 1. The van der Waals surface area contributed by atoms with Gasteiger partial charge in [0.15, 0.2) is 11.4 Å². The van der Waals surface area contributed by atoms with Gasteiger partial charge in [0.2, 0.25) is 0 Å². The van der Waals surface area contributed by atoms with Gasteiger partial charge in [-0.15, -0.1) is 0 Å². The van der Waals surface area contributed by atoms with Crippen molar-refractivity contribution in [3.8, 4) is 5.75 Å². The van der Waals surface area contributed by atoms with E-state index < -0.39 is 30.6 Å². The van der Waals surface area contributed by atoms with E-state index >= 15 is 0 Å². The predicted octanol–water partition coefficient (Wildman–Crippen LogP) is 3.36. The Hall–Kier alpha value is -2.09. The molecule has 1 heterocycles. The molecule has 1 aromatic carbocycles. The topological polar surface area (TPSA) is 51.1 Å². The molecule has 0 radical (unpaired) electrons. The molecule has 1 fully saturated rings. The van der Waals surface area contributed by atoms with Crippen molar-refractivity contribution >= 4 is 17.8 Å². The molecule has 1 atom stereocenters. The summed E-state index contributed by atoms with van der Waals surface area (Å²) in [5.74, 6) is -0.604. The zero-order valence-corrected chi connectivity index (χ0v) is 14.6. The number of alkyl halides is 3. The lowest BCUT2D eigenvalue weighted by Gasteiger charge is -2.32. The van der Waals surface area contributed by atoms with E-state index in [0.29, 0.717) is 11.3 Å². The third kappa shape index (κ3) is 3.63. The highest BCUT2D eigenvalue weighted by molar-refractivity contribution is 5.83. The van der Waals surface area contributed by atoms with Gasteiger partial charge in [0.05, 0.1) is 25.6 Å². The molecule has 1 aromatic rings. The fourth-order valence-corrected chi connectivity index (χ4v) is 2.63. The molecule has 0 aliphatic carbocycles. The molecule has 0 amide bonds. The van der Waals surface area contributed by atoms with Crippen LogP contribution in [0.25, 0.3) is 0 Å². The second kappa shape index (κ2) is 7.03. The molecule has 5 nitrogen and oxygen atoms in total. The van der Waals surface area contributed by atoms with Gasteiger partial charge in [-0.2, -0.15) is 13.2 Å². The molecule has 0 N–H and O–H groups in total. The minimum absolute atomic E-state index is 0.0103. The maximum atomic E-state index is 13.8. The number of benzene rings is 1. The van der Waals surface area contributed by atoms with Crippen LogP contribution in [0.3, 0.4) is 0 Å². The maximum Gasteiger partial charge on any atom is 0.422 e. The summed E-state index contributed by atoms with van der Waals surface area (Å²) in [5, 5.41) is 0. The first-order valence-corrected chi connectivity index (χ1v) is 7.80. The fraction of sp³-hybridized carbons (Fsp3) is 0.529. The van der Waals surface area contributed by atoms with Gasteiger partial charge >= 0.3 is 6.18 Å². The zero-order valence-electron chi connectivity index (χ0n) is 14.6. The minimum Gasteiger partial charge on any atom is -0.496 e. The maximum absolute atomic E-state index is 13.8. The van der Waals surface area contributed by atoms with E-state index in [9.17, 15) is 18.0 Å². The Bertz CT molecular complexity index is 688. The predicted molar refractivity (Wildman–Crippen MR) is 87.5 cm³/mol. The van der Waals surface area contributed by atoms with Gasteiger partial charge in [0, 0.05) is 25.2 Å². The van der Waals surface area contributed by atoms with Gasteiger partial charge in [-0.3, -0.25) is 4.79 Å². The molecule has 1 aliphatic heterocycles. The van der Waals surface area contributed by atoms with Crippen LogP contribution in [0.4, 0.5) is 18.9 Å². The second-order valence-corrected chi connectivity index (χ2v) is 5.99. The zero-order chi connectivity index (χ0) is 18.8. The summed E-state index contributed by atoms with van der Waals surface area (Å²) in [4.78, 5) is 17.7. The molecule has 0 spiro atoms. The van der Waals surface area contributed by atoms with Crippen LogP contribution < -0.4 is 4.74 Å². The monoisotopic (exact) mass is 358 g/mol. The summed E-state index contributed by atoms with van der Waals surface area (Å²) >= 11 is 0. The number of rotatable bonds is 5. The number of carbonyl (C=O) groups excluding carboxylic acids is 1. The van der Waals surface area contributed by atoms with Gasteiger partial charge in [0.1, 0.15) is 12.4 Å². The molecule has 1 saturated heterocycles. The van der Waals surface area contributed by atoms with Gasteiger partial charge in [-0.25, -0.2) is 4.99 Å². The summed E-state index contributed by atoms with van der Waals surface area (Å²) in [5.41, 5.74) is -1.86. The molecule has 0 aromatic heterocycles. The molecular formula is C17H21F3N2O3. The third-order valence-electron chi connectivity index (χ3n) is 4.23. The van der Waals surface area contributed by atoms with Crippen LogP contribution in [0.15, 0.2) is 17.1 Å². The average molecular weight is 358 g/mol. The summed E-state index contributed by atoms with van der Waals surface area (Å²) in [6.07, 6.45) is -3.91. The number of hydrogen-bond donors (Lipinski definition) is 0. The van der Waals surface area contributed by atoms with E-state index in [-0.39, 0.29) is 11.3 Å². The Kier molecular flexibility index (Phi) is 5.41. The van der Waals surface area contributed by atoms with E-state index in [4.69, 9.17) is 9.47 Å². The number of aryl methyl sites for hydroxylation is 1. The van der Waals surface area contributed by atoms with Crippen molar-refractivity contribution in [2.45, 2.75) is 32.0 Å². The highest BCUT2D eigenvalue weighted by Gasteiger charge is 2.62. The van der Waals surface area contributed by atoms with Crippen molar-refractivity contribution < 1.29 is 27.4 Å². The average Bonchev–Trinajstić information content (AvgIpc) is 2.96. The SMILES string of the molecule is CCN(C)C=Nc1cc(OC)c(C2(C(F)(F)F)CC(=O)CO2)cc1C. The first-order chi connectivity index (χ1) is 11.6. The number of halogens is 3. The second-order valence-electron chi connectivity index (χ2n) is 5.99. The minimum atomic E-state index is -4.74. The van der Waals surface area contributed by atoms with Crippen LogP contribution >= 0.6 is 0 Å². The summed E-state index contributed by atoms with van der Waals surface area (Å²) < 4.78 is 51.4. The summed E-state index contributed by atoms with van der Waals surface area (Å²) in [7, 11) is 3.11. The molecule has 1 unspecified atom stereocenters. The molecule has 138 valence electrons. The first-order valence-electron chi connectivity index (χ1n) is 7.80. The lowest BCUT2D eigenvalue weighted by atomic mass is 9.87. The first kappa shape index (κ1) is 19.2. The molecule has 8 heteroatoms. The lowest BCUT2D eigenvalue weighted by molar-refractivity contribution is -0.269. The van der Waals surface area contributed by atoms with Crippen molar-refractivity contribution in [3.05, 3.63) is 23.3 Å². The number of hydrogen-bond acceptors (Lipinski definition) is 4. The van der Waals surface area contributed by atoms with Gasteiger partial charge in [-0.1, -0.05) is 0 Å². The number of ether oxygens (including phenoxy) is 2. The Morgan fingerprint density at radius 3 is 2.60 bits per heavy atom. The largest absolute Gasteiger partial charge is 0.496 e. The highest BCUT2D eigenvalue weighted by atomic mass is 19.4. The van der Waals surface area contributed by atoms with Gasteiger partial charge in [0.25, 0.3) is 0 Å². The number of methoxy groups -OCH3 is 1. The summed E-state index contributed by atoms with van der Waals surface area (Å²) in [6, 6.07) is 2.77. The van der Waals surface area contributed by atoms with Crippen molar-refractivity contribution in [3.63, 3.8) is 0 Å². The van der Waals surface area contributed by atoms with Gasteiger partial charge < -0.3 is 14.4 Å². The fourth-order valence-electron chi connectivity index (χ4n) is 2.63. The molecule has 25 heavy (non-hydrogen) atoms. The van der Waals surface area contributed by atoms with Crippen LogP contribution in [-0.4, -0.2) is 50.5 Å². The Morgan fingerprint density at radius 1 is 1.44 bits per heavy atom. The molecule has 0 bridgehead atoms. The Balaban J connectivity index is 2.56. The number of aliphatic imine (C=N–C) groups is 1. The van der Waals surface area contributed by atoms with Crippen molar-refractivity contribution in [2.75, 3.05) is 27.3 Å². The van der Waals surface area contributed by atoms with Crippen LogP contribution in [0.1, 0.15) is 24.5 Å². The standard InChI is InChI=1S/C17H21F3N2O3/c1-5-22(3)10-21-14-7-15(24-4)13(6-11(14)2)16(17(18,19)20)8-12(23)9-25-16/h6-7,10H,5,8-9H2,1-4H3. The van der Waals surface area contributed by atoms with Crippen molar-refractivity contribution in [2.24, 2.45) is 4.99 Å². The van der Waals surface area contributed by atoms with Gasteiger partial charge in [-0.05, 0) is 25.5 Å². The van der Waals surface area contributed by atoms with E-state index in [1.165, 1.54) is 19.2 Å². The molecule has 0 saturated carbocycles. The summed E-state index contributed by atoms with van der Waals surface area (Å²) in [6.45, 7) is 3.78. The van der Waals surface area contributed by atoms with Crippen LogP contribution in [0.2, 0.25) is 0 Å². The molecule has 1 aliphatic rings. The van der Waals surface area contributed by atoms with Crippen LogP contribution in [-0.2, 0) is 15.1 Å². The van der Waals surface area contributed by atoms with Crippen molar-refractivity contribution in [1.82, 2.24) is 4.90 Å². The third-order valence-corrected chi connectivity index (χ3v) is 4.23. The Morgan fingerprint density at radius 2 is 2.12 bits per heavy atom. The van der Waals surface area contributed by atoms with Crippen LogP contribution in [0, 0.1) is 6.92 Å². The molecular weight excluding hydrogens is 337 g/mol. The number of carbonyl (C=O) groups is 1. The van der Waals surface area contributed by atoms with E-state index in [2.05, 4.69) is 4.99 Å². The lowest BCUT2D eigenvalue weighted by Crippen LogP contribution is -2.42. The van der Waals surface area contributed by atoms with Crippen LogP contribution in [0.5, 0.6) is 5.75 Å². The van der Waals surface area contributed by atoms with E-state index in [0.717, 1.165) is 6.54 Å². The number of nitrogens with zero attached hydrogens (tertiary/aromatic N) is 2. The van der Waals surface area contributed by atoms with E-state index in [1.807, 2.05) is 18.9 Å². The van der Waals surface area contributed by atoms with E-state index in [1.54, 1.807) is 13.3 Å². The highest BCUT2D eigenvalue weighted by Crippen LogP contribution is 2.51. The quantitative estimate of drug-likeness (QED) is 0.598. The normalized spacial score (nSPS) is 21.2. The number of Topliss-reactive ketones (excluding diaryl/α,β-unsaturated/α-hetero) is 1.